The van der Waals surface area contributed by atoms with Gasteiger partial charge in [-0.3, -0.25) is 0 Å². The van der Waals surface area contributed by atoms with Crippen LogP contribution >= 0.6 is 23.2 Å². The van der Waals surface area contributed by atoms with Crippen molar-refractivity contribution >= 4 is 29.2 Å². The first-order valence-corrected chi connectivity index (χ1v) is 8.29. The fraction of sp³-hybridized carbons (Fsp3) is 0.0526. The molecule has 0 atom stereocenters. The highest BCUT2D eigenvalue weighted by Gasteiger charge is 2.30. The number of benzene rings is 2. The maximum atomic E-state index is 12.7. The number of rotatable bonds is 3. The normalized spacial score (nSPS) is 11.4. The van der Waals surface area contributed by atoms with E-state index in [1.54, 1.807) is 12.1 Å². The Balaban J connectivity index is 2.11. The van der Waals surface area contributed by atoms with Gasteiger partial charge >= 0.3 is 12.1 Å². The van der Waals surface area contributed by atoms with E-state index in [0.29, 0.717) is 21.8 Å². The minimum absolute atomic E-state index is 0.0547. The van der Waals surface area contributed by atoms with E-state index in [9.17, 15) is 23.1 Å². The van der Waals surface area contributed by atoms with Crippen LogP contribution in [0.4, 0.5) is 13.2 Å². The van der Waals surface area contributed by atoms with Crippen molar-refractivity contribution in [3.8, 4) is 22.5 Å². The first-order chi connectivity index (χ1) is 12.6. The van der Waals surface area contributed by atoms with Crippen molar-refractivity contribution in [2.75, 3.05) is 0 Å². The second-order valence-corrected chi connectivity index (χ2v) is 6.45. The topological polar surface area (TPSA) is 50.2 Å². The van der Waals surface area contributed by atoms with Crippen molar-refractivity contribution in [2.45, 2.75) is 6.18 Å². The summed E-state index contributed by atoms with van der Waals surface area (Å²) in [5.74, 6) is -1.19. The molecule has 8 heteroatoms. The van der Waals surface area contributed by atoms with Gasteiger partial charge in [-0.15, -0.1) is 0 Å². The summed E-state index contributed by atoms with van der Waals surface area (Å²) in [6, 6.07) is 11.7. The maximum absolute atomic E-state index is 12.7. The zero-order valence-electron chi connectivity index (χ0n) is 13.4. The maximum Gasteiger partial charge on any atom is 0.416 e. The minimum Gasteiger partial charge on any atom is -0.478 e. The van der Waals surface area contributed by atoms with Crippen LogP contribution < -0.4 is 0 Å². The Morgan fingerprint density at radius 3 is 1.93 bits per heavy atom. The fourth-order valence-electron chi connectivity index (χ4n) is 2.44. The van der Waals surface area contributed by atoms with Gasteiger partial charge in [-0.1, -0.05) is 41.4 Å². The Labute approximate surface area is 162 Å². The van der Waals surface area contributed by atoms with Crippen molar-refractivity contribution in [2.24, 2.45) is 0 Å². The molecule has 1 heterocycles. The predicted octanol–water partition coefficient (Wildman–Crippen LogP) is 6.44. The summed E-state index contributed by atoms with van der Waals surface area (Å²) in [6.45, 7) is 0. The van der Waals surface area contributed by atoms with E-state index in [0.717, 1.165) is 12.1 Å². The number of aromatic nitrogens is 1. The Morgan fingerprint density at radius 2 is 1.41 bits per heavy atom. The van der Waals surface area contributed by atoms with Crippen LogP contribution in [0.15, 0.2) is 54.6 Å². The van der Waals surface area contributed by atoms with Crippen LogP contribution in [0.5, 0.6) is 0 Å². The van der Waals surface area contributed by atoms with Gasteiger partial charge < -0.3 is 5.11 Å². The molecule has 3 rings (SSSR count). The smallest absolute Gasteiger partial charge is 0.416 e. The van der Waals surface area contributed by atoms with Crippen LogP contribution in [0.1, 0.15) is 15.9 Å². The van der Waals surface area contributed by atoms with Gasteiger partial charge in [0.05, 0.1) is 32.6 Å². The number of hydrogen-bond donors (Lipinski definition) is 1. The Morgan fingerprint density at radius 1 is 0.852 bits per heavy atom. The van der Waals surface area contributed by atoms with Crippen LogP contribution in [-0.4, -0.2) is 16.1 Å². The lowest BCUT2D eigenvalue weighted by atomic mass is 10.0. The summed E-state index contributed by atoms with van der Waals surface area (Å²) in [7, 11) is 0. The van der Waals surface area contributed by atoms with Gasteiger partial charge in [-0.2, -0.15) is 13.2 Å². The van der Waals surface area contributed by atoms with Crippen molar-refractivity contribution < 1.29 is 23.1 Å². The van der Waals surface area contributed by atoms with Gasteiger partial charge in [0.2, 0.25) is 0 Å². The van der Waals surface area contributed by atoms with Gasteiger partial charge in [0.1, 0.15) is 0 Å². The third-order valence-corrected chi connectivity index (χ3v) is 4.53. The molecule has 0 saturated heterocycles. The number of hydrogen-bond acceptors (Lipinski definition) is 2. The molecule has 27 heavy (non-hydrogen) atoms. The molecule has 0 bridgehead atoms. The van der Waals surface area contributed by atoms with Gasteiger partial charge in [-0.05, 0) is 36.4 Å². The van der Waals surface area contributed by atoms with E-state index >= 15 is 0 Å². The van der Waals surface area contributed by atoms with E-state index in [-0.39, 0.29) is 16.3 Å². The van der Waals surface area contributed by atoms with E-state index in [2.05, 4.69) is 4.98 Å². The average molecular weight is 412 g/mol. The molecule has 0 unspecified atom stereocenters. The molecule has 0 aliphatic heterocycles. The van der Waals surface area contributed by atoms with E-state index < -0.39 is 17.7 Å². The molecule has 3 aromatic rings. The molecule has 0 aliphatic rings. The number of carbonyl (C=O) groups is 1. The molecule has 3 nitrogen and oxygen atoms in total. The Hall–Kier alpha value is -2.57. The first-order valence-electron chi connectivity index (χ1n) is 7.53. The second kappa shape index (κ2) is 7.21. The Kier molecular flexibility index (Phi) is 5.13. The highest BCUT2D eigenvalue weighted by Crippen LogP contribution is 2.32. The minimum atomic E-state index is -4.46. The highest BCUT2D eigenvalue weighted by molar-refractivity contribution is 6.42. The SMILES string of the molecule is O=C(O)c1cc(-c2ccc(C(F)(F)F)cc2)nc(-c2ccc(Cl)c(Cl)c2)c1. The van der Waals surface area contributed by atoms with Gasteiger partial charge in [0.15, 0.2) is 0 Å². The average Bonchev–Trinajstić information content (AvgIpc) is 2.63. The summed E-state index contributed by atoms with van der Waals surface area (Å²) in [4.78, 5) is 15.8. The molecule has 1 aromatic heterocycles. The molecule has 0 aliphatic carbocycles. The van der Waals surface area contributed by atoms with Crippen LogP contribution in [0.25, 0.3) is 22.5 Å². The lowest BCUT2D eigenvalue weighted by Gasteiger charge is -2.10. The molecule has 0 saturated carbocycles. The van der Waals surface area contributed by atoms with Crippen LogP contribution in [0.2, 0.25) is 10.0 Å². The summed E-state index contributed by atoms with van der Waals surface area (Å²) < 4.78 is 38.2. The number of halogens is 5. The quantitative estimate of drug-likeness (QED) is 0.539. The lowest BCUT2D eigenvalue weighted by molar-refractivity contribution is -0.137. The van der Waals surface area contributed by atoms with Gasteiger partial charge in [-0.25, -0.2) is 9.78 Å². The van der Waals surface area contributed by atoms with E-state index in [4.69, 9.17) is 23.2 Å². The van der Waals surface area contributed by atoms with E-state index in [1.165, 1.54) is 30.3 Å². The third-order valence-electron chi connectivity index (χ3n) is 3.80. The number of carboxylic acid groups (broad SMARTS) is 1. The number of aromatic carboxylic acids is 1. The molecule has 138 valence electrons. The Bertz CT molecular complexity index is 1020. The van der Waals surface area contributed by atoms with Crippen LogP contribution in [0.3, 0.4) is 0 Å². The third kappa shape index (κ3) is 4.23. The zero-order chi connectivity index (χ0) is 19.8. The number of alkyl halides is 3. The fourth-order valence-corrected chi connectivity index (χ4v) is 2.73. The van der Waals surface area contributed by atoms with Crippen LogP contribution in [0, 0.1) is 0 Å². The molecule has 0 radical (unpaired) electrons. The summed E-state index contributed by atoms with van der Waals surface area (Å²) >= 11 is 11.9. The molecule has 1 N–H and O–H groups in total. The molecular weight excluding hydrogens is 402 g/mol. The molecular formula is C19H10Cl2F3NO2. The van der Waals surface area contributed by atoms with Gasteiger partial charge in [0, 0.05) is 11.1 Å². The zero-order valence-corrected chi connectivity index (χ0v) is 14.9. The van der Waals surface area contributed by atoms with Crippen molar-refractivity contribution in [1.82, 2.24) is 4.98 Å². The predicted molar refractivity (Wildman–Crippen MR) is 97.1 cm³/mol. The molecule has 0 fully saturated rings. The van der Waals surface area contributed by atoms with Crippen molar-refractivity contribution in [3.05, 3.63) is 75.8 Å². The number of carboxylic acids is 1. The van der Waals surface area contributed by atoms with Crippen molar-refractivity contribution in [3.63, 3.8) is 0 Å². The molecule has 0 amide bonds. The summed E-state index contributed by atoms with van der Waals surface area (Å²) in [6.07, 6.45) is -4.46. The second-order valence-electron chi connectivity index (χ2n) is 5.64. The van der Waals surface area contributed by atoms with Gasteiger partial charge in [0.25, 0.3) is 0 Å². The number of pyridine rings is 1. The summed E-state index contributed by atoms with van der Waals surface area (Å²) in [5, 5.41) is 9.96. The largest absolute Gasteiger partial charge is 0.478 e. The monoisotopic (exact) mass is 411 g/mol. The highest BCUT2D eigenvalue weighted by atomic mass is 35.5. The van der Waals surface area contributed by atoms with E-state index in [1.807, 2.05) is 0 Å². The first kappa shape index (κ1) is 19.2. The standard InChI is InChI=1S/C19H10Cl2F3NO2/c20-14-6-3-11(7-15(14)21)17-9-12(18(26)27)8-16(25-17)10-1-4-13(5-2-10)19(22,23)24/h1-9H,(H,26,27). The summed E-state index contributed by atoms with van der Waals surface area (Å²) in [5.41, 5.74) is 0.562. The number of nitrogens with zero attached hydrogens (tertiary/aromatic N) is 1. The molecule has 0 spiro atoms. The molecule has 2 aromatic carbocycles. The van der Waals surface area contributed by atoms with Crippen molar-refractivity contribution in [1.29, 1.82) is 0 Å². The lowest BCUT2D eigenvalue weighted by Crippen LogP contribution is -2.04. The van der Waals surface area contributed by atoms with Crippen LogP contribution in [-0.2, 0) is 6.18 Å².